The molecule has 4 aromatic carbocycles. The largest absolute Gasteiger partial charge is 0.309 e. The van der Waals surface area contributed by atoms with Gasteiger partial charge in [0, 0.05) is 45.8 Å². The van der Waals surface area contributed by atoms with Crippen LogP contribution in [-0.2, 0) is 6.42 Å². The maximum Gasteiger partial charge on any atom is 0.146 e. The van der Waals surface area contributed by atoms with E-state index in [1.807, 2.05) is 30.9 Å². The Morgan fingerprint density at radius 3 is 2.24 bits per heavy atom. The second-order valence-corrected chi connectivity index (χ2v) is 11.0. The molecule has 41 heavy (non-hydrogen) atoms. The minimum atomic E-state index is 0.903. The van der Waals surface area contributed by atoms with Crippen LogP contribution in [0.15, 0.2) is 116 Å². The van der Waals surface area contributed by atoms with Gasteiger partial charge >= 0.3 is 0 Å². The Labute approximate surface area is 234 Å². The molecule has 1 aliphatic rings. The Morgan fingerprint density at radius 1 is 0.537 bits per heavy atom. The van der Waals surface area contributed by atoms with Gasteiger partial charge in [-0.25, -0.2) is 4.98 Å². The van der Waals surface area contributed by atoms with E-state index in [1.54, 1.807) is 0 Å². The monoisotopic (exact) mass is 523 g/mol. The standard InChI is InChI=1S/C36H21N5/c1-2-6-23(7-3-1)40-32-9-5-4-8-24(32)28-15-21-14-22-16-29-27(17-25(22)26(21)18-34(28)40)30-19-37-13-11-33(30)41-35-20-38-12-10-31(35)39-36(29)41/h1-13,15-20H,14H2. The number of rotatable bonds is 1. The van der Waals surface area contributed by atoms with E-state index in [1.165, 1.54) is 55.1 Å². The highest BCUT2D eigenvalue weighted by Crippen LogP contribution is 2.45. The van der Waals surface area contributed by atoms with Crippen molar-refractivity contribution in [1.82, 2.24) is 23.9 Å². The van der Waals surface area contributed by atoms with Gasteiger partial charge < -0.3 is 4.57 Å². The molecule has 0 radical (unpaired) electrons. The summed E-state index contributed by atoms with van der Waals surface area (Å²) in [6, 6.07) is 33.0. The molecule has 0 atom stereocenters. The van der Waals surface area contributed by atoms with E-state index in [9.17, 15) is 0 Å². The first-order valence-corrected chi connectivity index (χ1v) is 13.9. The molecule has 0 N–H and O–H groups in total. The highest BCUT2D eigenvalue weighted by atomic mass is 15.0. The van der Waals surface area contributed by atoms with Crippen LogP contribution in [0.2, 0.25) is 0 Å². The number of aromatic nitrogens is 5. The highest BCUT2D eigenvalue weighted by molar-refractivity contribution is 6.16. The minimum Gasteiger partial charge on any atom is -0.309 e. The number of benzene rings is 4. The molecular formula is C36H21N5. The predicted molar refractivity (Wildman–Crippen MR) is 166 cm³/mol. The summed E-state index contributed by atoms with van der Waals surface area (Å²) in [6.07, 6.45) is 8.46. The maximum absolute atomic E-state index is 5.08. The van der Waals surface area contributed by atoms with Crippen LogP contribution in [0.5, 0.6) is 0 Å². The normalized spacial score (nSPS) is 12.8. The number of nitrogens with zero attached hydrogens (tertiary/aromatic N) is 5. The number of para-hydroxylation sites is 2. The third-order valence-electron chi connectivity index (χ3n) is 8.85. The number of fused-ring (bicyclic) bond motifs is 14. The molecule has 1 aliphatic carbocycles. The molecule has 5 heterocycles. The number of imidazole rings is 1. The molecule has 0 fully saturated rings. The second-order valence-electron chi connectivity index (χ2n) is 11.0. The van der Waals surface area contributed by atoms with Crippen LogP contribution in [0.25, 0.3) is 77.0 Å². The summed E-state index contributed by atoms with van der Waals surface area (Å²) in [5.41, 5.74) is 13.0. The second kappa shape index (κ2) is 7.55. The van der Waals surface area contributed by atoms with Crippen LogP contribution in [0.4, 0.5) is 0 Å². The number of hydrogen-bond donors (Lipinski definition) is 0. The molecule has 5 heteroatoms. The minimum absolute atomic E-state index is 0.903. The first-order chi connectivity index (χ1) is 20.3. The lowest BCUT2D eigenvalue weighted by atomic mass is 9.98. The van der Waals surface area contributed by atoms with Crippen molar-refractivity contribution in [2.75, 3.05) is 0 Å². The van der Waals surface area contributed by atoms with Crippen LogP contribution in [0, 0.1) is 0 Å². The van der Waals surface area contributed by atoms with Gasteiger partial charge in [-0.2, -0.15) is 0 Å². The van der Waals surface area contributed by atoms with Crippen molar-refractivity contribution in [2.24, 2.45) is 0 Å². The van der Waals surface area contributed by atoms with Gasteiger partial charge in [-0.05, 0) is 88.7 Å². The van der Waals surface area contributed by atoms with E-state index in [2.05, 4.69) is 104 Å². The van der Waals surface area contributed by atoms with Crippen molar-refractivity contribution in [3.63, 3.8) is 0 Å². The summed E-state index contributed by atoms with van der Waals surface area (Å²) in [7, 11) is 0. The molecule has 5 nitrogen and oxygen atoms in total. The van der Waals surface area contributed by atoms with Crippen LogP contribution >= 0.6 is 0 Å². The fraction of sp³-hybridized carbons (Fsp3) is 0.0278. The quantitative estimate of drug-likeness (QED) is 0.204. The first kappa shape index (κ1) is 21.3. The summed E-state index contributed by atoms with van der Waals surface area (Å²) in [6.45, 7) is 0. The molecular weight excluding hydrogens is 502 g/mol. The molecule has 0 amide bonds. The van der Waals surface area contributed by atoms with Gasteiger partial charge in [0.1, 0.15) is 5.65 Å². The van der Waals surface area contributed by atoms with E-state index in [0.29, 0.717) is 0 Å². The smallest absolute Gasteiger partial charge is 0.146 e. The van der Waals surface area contributed by atoms with Gasteiger partial charge in [0.25, 0.3) is 0 Å². The number of hydrogen-bond acceptors (Lipinski definition) is 3. The lowest BCUT2D eigenvalue weighted by Gasteiger charge is -2.11. The molecule has 5 aromatic heterocycles. The highest BCUT2D eigenvalue weighted by Gasteiger charge is 2.24. The van der Waals surface area contributed by atoms with Crippen LogP contribution in [0.1, 0.15) is 11.1 Å². The van der Waals surface area contributed by atoms with Gasteiger partial charge in [0.2, 0.25) is 0 Å². The van der Waals surface area contributed by atoms with Crippen molar-refractivity contribution in [1.29, 1.82) is 0 Å². The molecule has 190 valence electrons. The number of pyridine rings is 3. The summed E-state index contributed by atoms with van der Waals surface area (Å²) in [4.78, 5) is 14.0. The zero-order valence-electron chi connectivity index (χ0n) is 21.9. The summed E-state index contributed by atoms with van der Waals surface area (Å²) in [5.74, 6) is 0. The molecule has 0 unspecified atom stereocenters. The van der Waals surface area contributed by atoms with Gasteiger partial charge in [-0.1, -0.05) is 36.4 Å². The van der Waals surface area contributed by atoms with Crippen molar-refractivity contribution >= 4 is 60.2 Å². The first-order valence-electron chi connectivity index (χ1n) is 13.9. The zero-order chi connectivity index (χ0) is 26.7. The van der Waals surface area contributed by atoms with Crippen LogP contribution in [0.3, 0.4) is 0 Å². The fourth-order valence-corrected chi connectivity index (χ4v) is 7.10. The Balaban J connectivity index is 1.31. The summed E-state index contributed by atoms with van der Waals surface area (Å²) >= 11 is 0. The Morgan fingerprint density at radius 2 is 1.32 bits per heavy atom. The van der Waals surface area contributed by atoms with Gasteiger partial charge in [-0.3, -0.25) is 14.4 Å². The average molecular weight is 524 g/mol. The zero-order valence-corrected chi connectivity index (χ0v) is 21.9. The Bertz CT molecular complexity index is 2550. The third kappa shape index (κ3) is 2.72. The molecule has 0 saturated carbocycles. The van der Waals surface area contributed by atoms with Crippen LogP contribution < -0.4 is 0 Å². The lowest BCUT2D eigenvalue weighted by Crippen LogP contribution is -1.94. The van der Waals surface area contributed by atoms with E-state index in [4.69, 9.17) is 4.98 Å². The maximum atomic E-state index is 5.08. The van der Waals surface area contributed by atoms with Crippen molar-refractivity contribution in [3.8, 4) is 16.8 Å². The van der Waals surface area contributed by atoms with E-state index in [0.717, 1.165) is 39.4 Å². The van der Waals surface area contributed by atoms with Crippen molar-refractivity contribution < 1.29 is 0 Å². The van der Waals surface area contributed by atoms with E-state index in [-0.39, 0.29) is 0 Å². The van der Waals surface area contributed by atoms with Crippen molar-refractivity contribution in [3.05, 3.63) is 127 Å². The van der Waals surface area contributed by atoms with Gasteiger partial charge in [0.05, 0.1) is 33.8 Å². The summed E-state index contributed by atoms with van der Waals surface area (Å²) < 4.78 is 4.64. The van der Waals surface area contributed by atoms with E-state index < -0.39 is 0 Å². The Hall–Kier alpha value is -5.55. The lowest BCUT2D eigenvalue weighted by molar-refractivity contribution is 1.18. The van der Waals surface area contributed by atoms with Gasteiger partial charge in [-0.15, -0.1) is 0 Å². The molecule has 9 aromatic rings. The predicted octanol–water partition coefficient (Wildman–Crippen LogP) is 8.25. The average Bonchev–Trinajstić information content (AvgIpc) is 3.69. The van der Waals surface area contributed by atoms with Crippen molar-refractivity contribution in [2.45, 2.75) is 6.42 Å². The topological polar surface area (TPSA) is 48.0 Å². The fourth-order valence-electron chi connectivity index (χ4n) is 7.10. The van der Waals surface area contributed by atoms with Gasteiger partial charge in [0.15, 0.2) is 0 Å². The SMILES string of the molecule is c1ccc(-n2c3ccccc3c3cc4c(cc32)-c2cc3c5cnccc5n5c6cnccc6nc5c3cc2C4)cc1. The molecule has 0 bridgehead atoms. The summed E-state index contributed by atoms with van der Waals surface area (Å²) in [5, 5.41) is 6.03. The Kier molecular flexibility index (Phi) is 3.92. The van der Waals surface area contributed by atoms with E-state index >= 15 is 0 Å². The molecule has 0 saturated heterocycles. The molecule has 10 rings (SSSR count). The van der Waals surface area contributed by atoms with Crippen LogP contribution in [-0.4, -0.2) is 23.9 Å². The molecule has 0 aliphatic heterocycles. The molecule has 0 spiro atoms. The third-order valence-corrected chi connectivity index (χ3v) is 8.85.